The molecule has 28 heavy (non-hydrogen) atoms. The van der Waals surface area contributed by atoms with Crippen LogP contribution in [-0.4, -0.2) is 70.8 Å². The third-order valence-electron chi connectivity index (χ3n) is 4.55. The van der Waals surface area contributed by atoms with E-state index in [1.807, 2.05) is 0 Å². The SMILES string of the molecule is Cc1cc(CN(C)C(=O)C(=O)N2CCN(C(=O)c3ccc(F)cc3)CC2)no1. The van der Waals surface area contributed by atoms with Crippen molar-refractivity contribution in [2.75, 3.05) is 33.2 Å². The van der Waals surface area contributed by atoms with Crippen LogP contribution >= 0.6 is 0 Å². The van der Waals surface area contributed by atoms with Gasteiger partial charge in [-0.25, -0.2) is 4.39 Å². The highest BCUT2D eigenvalue weighted by Gasteiger charge is 2.30. The van der Waals surface area contributed by atoms with Gasteiger partial charge < -0.3 is 19.2 Å². The fourth-order valence-corrected chi connectivity index (χ4v) is 2.99. The van der Waals surface area contributed by atoms with Gasteiger partial charge in [0.25, 0.3) is 5.91 Å². The highest BCUT2D eigenvalue weighted by atomic mass is 19.1. The lowest BCUT2D eigenvalue weighted by molar-refractivity contribution is -0.152. The summed E-state index contributed by atoms with van der Waals surface area (Å²) in [7, 11) is 1.53. The summed E-state index contributed by atoms with van der Waals surface area (Å²) in [6, 6.07) is 7.03. The Bertz CT molecular complexity index is 872. The van der Waals surface area contributed by atoms with Crippen LogP contribution in [0.1, 0.15) is 21.8 Å². The van der Waals surface area contributed by atoms with E-state index in [4.69, 9.17) is 4.52 Å². The molecule has 1 aromatic heterocycles. The molecule has 1 aromatic carbocycles. The second kappa shape index (κ2) is 8.20. The molecule has 1 fully saturated rings. The third kappa shape index (κ3) is 4.36. The minimum absolute atomic E-state index is 0.172. The summed E-state index contributed by atoms with van der Waals surface area (Å²) in [5, 5.41) is 3.81. The molecule has 2 aromatic rings. The summed E-state index contributed by atoms with van der Waals surface area (Å²) in [6.07, 6.45) is 0. The topological polar surface area (TPSA) is 87.0 Å². The highest BCUT2D eigenvalue weighted by Crippen LogP contribution is 2.11. The Morgan fingerprint density at radius 3 is 2.29 bits per heavy atom. The first-order valence-electron chi connectivity index (χ1n) is 8.86. The molecule has 0 saturated carbocycles. The Balaban J connectivity index is 1.53. The minimum atomic E-state index is -0.640. The predicted molar refractivity (Wildman–Crippen MR) is 96.6 cm³/mol. The van der Waals surface area contributed by atoms with Crippen molar-refractivity contribution in [3.8, 4) is 0 Å². The molecule has 1 aliphatic rings. The van der Waals surface area contributed by atoms with Gasteiger partial charge in [0, 0.05) is 44.9 Å². The normalized spacial score (nSPS) is 14.1. The first-order chi connectivity index (χ1) is 13.3. The zero-order valence-corrected chi connectivity index (χ0v) is 15.7. The molecule has 0 bridgehead atoms. The predicted octanol–water partition coefficient (Wildman–Crippen LogP) is 1.07. The molecule has 0 spiro atoms. The van der Waals surface area contributed by atoms with E-state index < -0.39 is 17.6 Å². The summed E-state index contributed by atoms with van der Waals surface area (Å²) >= 11 is 0. The number of carbonyl (C=O) groups excluding carboxylic acids is 3. The number of rotatable bonds is 3. The van der Waals surface area contributed by atoms with Crippen molar-refractivity contribution in [1.82, 2.24) is 19.9 Å². The van der Waals surface area contributed by atoms with E-state index in [0.717, 1.165) is 0 Å². The van der Waals surface area contributed by atoms with Crippen molar-refractivity contribution < 1.29 is 23.3 Å². The van der Waals surface area contributed by atoms with Crippen LogP contribution in [0.2, 0.25) is 0 Å². The number of hydrogen-bond donors (Lipinski definition) is 0. The van der Waals surface area contributed by atoms with Crippen molar-refractivity contribution >= 4 is 17.7 Å². The molecule has 1 saturated heterocycles. The van der Waals surface area contributed by atoms with Crippen molar-refractivity contribution in [1.29, 1.82) is 0 Å². The zero-order chi connectivity index (χ0) is 20.3. The number of halogens is 1. The second-order valence-corrected chi connectivity index (χ2v) is 6.68. The molecule has 0 N–H and O–H groups in total. The Hall–Kier alpha value is -3.23. The molecule has 0 radical (unpaired) electrons. The highest BCUT2D eigenvalue weighted by molar-refractivity contribution is 6.34. The van der Waals surface area contributed by atoms with E-state index in [-0.39, 0.29) is 25.5 Å². The molecule has 1 aliphatic heterocycles. The van der Waals surface area contributed by atoms with Crippen LogP contribution in [0.3, 0.4) is 0 Å². The number of piperazine rings is 1. The molecule has 3 rings (SSSR count). The zero-order valence-electron chi connectivity index (χ0n) is 15.7. The van der Waals surface area contributed by atoms with E-state index in [1.165, 1.54) is 41.1 Å². The average molecular weight is 388 g/mol. The van der Waals surface area contributed by atoms with Gasteiger partial charge in [-0.15, -0.1) is 0 Å². The summed E-state index contributed by atoms with van der Waals surface area (Å²) < 4.78 is 18.0. The standard InChI is InChI=1S/C19H21FN4O4/c1-13-11-16(21-28-13)12-22(2)18(26)19(27)24-9-7-23(8-10-24)17(25)14-3-5-15(20)6-4-14/h3-6,11H,7-10,12H2,1-2H3. The number of aromatic nitrogens is 1. The van der Waals surface area contributed by atoms with Gasteiger partial charge in [-0.2, -0.15) is 0 Å². The lowest BCUT2D eigenvalue weighted by Crippen LogP contribution is -2.53. The first-order valence-corrected chi connectivity index (χ1v) is 8.86. The van der Waals surface area contributed by atoms with E-state index in [1.54, 1.807) is 17.9 Å². The lowest BCUT2D eigenvalue weighted by atomic mass is 10.1. The van der Waals surface area contributed by atoms with Crippen molar-refractivity contribution in [2.24, 2.45) is 0 Å². The van der Waals surface area contributed by atoms with Gasteiger partial charge >= 0.3 is 11.8 Å². The number of amides is 3. The largest absolute Gasteiger partial charge is 0.361 e. The number of aryl methyl sites for hydroxylation is 1. The smallest absolute Gasteiger partial charge is 0.312 e. The van der Waals surface area contributed by atoms with Gasteiger partial charge in [0.1, 0.15) is 17.3 Å². The Morgan fingerprint density at radius 1 is 1.11 bits per heavy atom. The number of hydrogen-bond acceptors (Lipinski definition) is 5. The molecular weight excluding hydrogens is 367 g/mol. The van der Waals surface area contributed by atoms with Gasteiger partial charge in [-0.1, -0.05) is 5.16 Å². The van der Waals surface area contributed by atoms with Crippen molar-refractivity contribution in [3.63, 3.8) is 0 Å². The van der Waals surface area contributed by atoms with Crippen LogP contribution in [-0.2, 0) is 16.1 Å². The number of nitrogens with zero attached hydrogens (tertiary/aromatic N) is 4. The van der Waals surface area contributed by atoms with Gasteiger partial charge in [0.05, 0.1) is 6.54 Å². The molecule has 148 valence electrons. The van der Waals surface area contributed by atoms with E-state index in [0.29, 0.717) is 30.1 Å². The molecule has 2 heterocycles. The van der Waals surface area contributed by atoms with Crippen LogP contribution in [0.15, 0.2) is 34.9 Å². The van der Waals surface area contributed by atoms with Crippen LogP contribution in [0.4, 0.5) is 4.39 Å². The van der Waals surface area contributed by atoms with Crippen LogP contribution in [0.5, 0.6) is 0 Å². The average Bonchev–Trinajstić information content (AvgIpc) is 3.11. The van der Waals surface area contributed by atoms with E-state index in [9.17, 15) is 18.8 Å². The maximum Gasteiger partial charge on any atom is 0.312 e. The summed E-state index contributed by atoms with van der Waals surface area (Å²) in [5.41, 5.74) is 0.954. The van der Waals surface area contributed by atoms with Gasteiger partial charge in [-0.3, -0.25) is 14.4 Å². The molecule has 3 amide bonds. The van der Waals surface area contributed by atoms with Gasteiger partial charge in [-0.05, 0) is 31.2 Å². The molecule has 0 atom stereocenters. The fraction of sp³-hybridized carbons (Fsp3) is 0.368. The number of benzene rings is 1. The van der Waals surface area contributed by atoms with Gasteiger partial charge in [0.2, 0.25) is 0 Å². The summed E-state index contributed by atoms with van der Waals surface area (Å²) in [4.78, 5) is 41.6. The molecule has 9 heteroatoms. The van der Waals surface area contributed by atoms with Crippen LogP contribution in [0.25, 0.3) is 0 Å². The summed E-state index contributed by atoms with van der Waals surface area (Å²) in [5.74, 6) is -1.26. The maximum absolute atomic E-state index is 13.0. The fourth-order valence-electron chi connectivity index (χ4n) is 2.99. The quantitative estimate of drug-likeness (QED) is 0.734. The van der Waals surface area contributed by atoms with Crippen molar-refractivity contribution in [3.05, 3.63) is 53.2 Å². The van der Waals surface area contributed by atoms with Crippen LogP contribution < -0.4 is 0 Å². The first kappa shape index (κ1) is 19.5. The Morgan fingerprint density at radius 2 is 1.71 bits per heavy atom. The second-order valence-electron chi connectivity index (χ2n) is 6.68. The number of carbonyl (C=O) groups is 3. The number of likely N-dealkylation sites (N-methyl/N-ethyl adjacent to an activating group) is 1. The van der Waals surface area contributed by atoms with E-state index in [2.05, 4.69) is 5.16 Å². The van der Waals surface area contributed by atoms with Gasteiger partial charge in [0.15, 0.2) is 0 Å². The van der Waals surface area contributed by atoms with Crippen molar-refractivity contribution in [2.45, 2.75) is 13.5 Å². The molecule has 0 aliphatic carbocycles. The lowest BCUT2D eigenvalue weighted by Gasteiger charge is -2.35. The van der Waals surface area contributed by atoms with Crippen LogP contribution in [0, 0.1) is 12.7 Å². The monoisotopic (exact) mass is 388 g/mol. The Kier molecular flexibility index (Phi) is 5.72. The maximum atomic E-state index is 13.0. The molecule has 0 unspecified atom stereocenters. The van der Waals surface area contributed by atoms with E-state index >= 15 is 0 Å². The molecule has 8 nitrogen and oxygen atoms in total. The Labute approximate surface area is 161 Å². The summed E-state index contributed by atoms with van der Waals surface area (Å²) in [6.45, 7) is 3.05. The minimum Gasteiger partial charge on any atom is -0.361 e. The third-order valence-corrected chi connectivity index (χ3v) is 4.55. The molecular formula is C19H21FN4O4.